The molecule has 0 N–H and O–H groups in total. The second-order valence-corrected chi connectivity index (χ2v) is 9.40. The molecule has 1 heterocycles. The Balaban J connectivity index is 1.51. The number of hydrogen-bond donors (Lipinski definition) is 0. The molecule has 188 valence electrons. The summed E-state index contributed by atoms with van der Waals surface area (Å²) in [6, 6.07) is 8.59. The third kappa shape index (κ3) is 5.41. The van der Waals surface area contributed by atoms with Crippen LogP contribution in [-0.2, 0) is 11.2 Å². The van der Waals surface area contributed by atoms with Crippen LogP contribution in [0.25, 0.3) is 0 Å². The van der Waals surface area contributed by atoms with Crippen molar-refractivity contribution in [2.45, 2.75) is 38.1 Å². The average molecular weight is 487 g/mol. The summed E-state index contributed by atoms with van der Waals surface area (Å²) in [6.45, 7) is 0.997. The summed E-state index contributed by atoms with van der Waals surface area (Å²) in [6.07, 6.45) is 3.40. The first kappa shape index (κ1) is 24.9. The fourth-order valence-electron chi connectivity index (χ4n) is 5.02. The minimum absolute atomic E-state index is 0.0419. The van der Waals surface area contributed by atoms with Gasteiger partial charge in [0.2, 0.25) is 5.91 Å². The van der Waals surface area contributed by atoms with Gasteiger partial charge in [-0.15, -0.1) is 0 Å². The standard InChI is InChI=1S/C27H32F2N2O4/c1-30(26(32)18-7-8-18)22(15-19-9-10-20(28)16-21(19)29)17-11-13-31(14-12-17)27(33)25-23(34-2)5-4-6-24(25)35-3/h4-6,9-10,16-18,22H,7-8,11-15H2,1-3H3. The number of benzene rings is 2. The summed E-state index contributed by atoms with van der Waals surface area (Å²) >= 11 is 0. The molecule has 2 aliphatic rings. The zero-order valence-corrected chi connectivity index (χ0v) is 20.4. The molecule has 4 rings (SSSR count). The minimum atomic E-state index is -0.621. The molecule has 8 heteroatoms. The van der Waals surface area contributed by atoms with E-state index in [1.54, 1.807) is 35.0 Å². The summed E-state index contributed by atoms with van der Waals surface area (Å²) in [4.78, 5) is 29.8. The monoisotopic (exact) mass is 486 g/mol. The molecule has 0 aromatic heterocycles. The number of nitrogens with zero attached hydrogens (tertiary/aromatic N) is 2. The van der Waals surface area contributed by atoms with Crippen molar-refractivity contribution in [3.8, 4) is 11.5 Å². The topological polar surface area (TPSA) is 59.1 Å². The van der Waals surface area contributed by atoms with Gasteiger partial charge in [0.1, 0.15) is 28.7 Å². The first-order valence-corrected chi connectivity index (χ1v) is 12.0. The number of likely N-dealkylation sites (tertiary alicyclic amines) is 1. The third-order valence-electron chi connectivity index (χ3n) is 7.23. The van der Waals surface area contributed by atoms with Gasteiger partial charge in [-0.3, -0.25) is 9.59 Å². The van der Waals surface area contributed by atoms with E-state index in [1.807, 2.05) is 0 Å². The van der Waals surface area contributed by atoms with Gasteiger partial charge in [-0.1, -0.05) is 12.1 Å². The molecule has 6 nitrogen and oxygen atoms in total. The van der Waals surface area contributed by atoms with Gasteiger partial charge in [0.15, 0.2) is 0 Å². The maximum atomic E-state index is 14.5. The molecule has 1 saturated heterocycles. The molecular formula is C27H32F2N2O4. The number of ether oxygens (including phenoxy) is 2. The fourth-order valence-corrected chi connectivity index (χ4v) is 5.02. The van der Waals surface area contributed by atoms with Crippen LogP contribution in [0.3, 0.4) is 0 Å². The van der Waals surface area contributed by atoms with Crippen LogP contribution in [0.5, 0.6) is 11.5 Å². The molecule has 2 amide bonds. The van der Waals surface area contributed by atoms with Crippen LogP contribution >= 0.6 is 0 Å². The lowest BCUT2D eigenvalue weighted by atomic mass is 9.84. The van der Waals surface area contributed by atoms with Crippen molar-refractivity contribution in [2.24, 2.45) is 11.8 Å². The number of piperidine rings is 1. The molecule has 2 aromatic rings. The Morgan fingerprint density at radius 1 is 1.03 bits per heavy atom. The molecule has 1 atom stereocenters. The second-order valence-electron chi connectivity index (χ2n) is 9.40. The van der Waals surface area contributed by atoms with Crippen LogP contribution in [0.15, 0.2) is 36.4 Å². The van der Waals surface area contributed by atoms with E-state index in [4.69, 9.17) is 9.47 Å². The Labute approximate surface area is 204 Å². The van der Waals surface area contributed by atoms with E-state index < -0.39 is 11.6 Å². The summed E-state index contributed by atoms with van der Waals surface area (Å²) in [5.41, 5.74) is 0.783. The fraction of sp³-hybridized carbons (Fsp3) is 0.481. The van der Waals surface area contributed by atoms with Crippen molar-refractivity contribution >= 4 is 11.8 Å². The van der Waals surface area contributed by atoms with Crippen molar-refractivity contribution in [3.63, 3.8) is 0 Å². The van der Waals surface area contributed by atoms with E-state index in [2.05, 4.69) is 0 Å². The molecule has 0 radical (unpaired) electrons. The molecule has 35 heavy (non-hydrogen) atoms. The second kappa shape index (κ2) is 10.6. The summed E-state index contributed by atoms with van der Waals surface area (Å²) < 4.78 is 38.7. The van der Waals surface area contributed by atoms with Crippen molar-refractivity contribution < 1.29 is 27.8 Å². The number of methoxy groups -OCH3 is 2. The number of rotatable bonds is 8. The first-order chi connectivity index (χ1) is 16.8. The van der Waals surface area contributed by atoms with Gasteiger partial charge in [0.25, 0.3) is 5.91 Å². The van der Waals surface area contributed by atoms with Gasteiger partial charge in [0.05, 0.1) is 14.2 Å². The molecule has 1 unspecified atom stereocenters. The van der Waals surface area contributed by atoms with Gasteiger partial charge in [-0.05, 0) is 61.8 Å². The van der Waals surface area contributed by atoms with Crippen molar-refractivity contribution in [2.75, 3.05) is 34.4 Å². The van der Waals surface area contributed by atoms with Gasteiger partial charge in [0, 0.05) is 38.2 Å². The van der Waals surface area contributed by atoms with E-state index >= 15 is 0 Å². The number of halogens is 2. The van der Waals surface area contributed by atoms with Crippen LogP contribution in [0.1, 0.15) is 41.6 Å². The summed E-state index contributed by atoms with van der Waals surface area (Å²) in [7, 11) is 4.82. The van der Waals surface area contributed by atoms with Crippen LogP contribution in [0.4, 0.5) is 8.78 Å². The zero-order valence-electron chi connectivity index (χ0n) is 20.4. The minimum Gasteiger partial charge on any atom is -0.496 e. The molecule has 0 bridgehead atoms. The SMILES string of the molecule is COc1cccc(OC)c1C(=O)N1CCC(C(Cc2ccc(F)cc2F)N(C)C(=O)C2CC2)CC1. The predicted octanol–water partition coefficient (Wildman–Crippen LogP) is 4.31. The Bertz CT molecular complexity index is 1060. The number of carbonyl (C=O) groups is 2. The van der Waals surface area contributed by atoms with E-state index in [0.29, 0.717) is 55.0 Å². The van der Waals surface area contributed by atoms with E-state index in [9.17, 15) is 18.4 Å². The van der Waals surface area contributed by atoms with Gasteiger partial charge >= 0.3 is 0 Å². The molecule has 2 aromatic carbocycles. The normalized spacial score (nSPS) is 17.1. The first-order valence-electron chi connectivity index (χ1n) is 12.0. The molecule has 1 aliphatic heterocycles. The highest BCUT2D eigenvalue weighted by atomic mass is 19.1. The van der Waals surface area contributed by atoms with Crippen molar-refractivity contribution in [3.05, 3.63) is 59.2 Å². The average Bonchev–Trinajstić information content (AvgIpc) is 3.72. The molecule has 1 saturated carbocycles. The summed E-state index contributed by atoms with van der Waals surface area (Å²) in [5, 5.41) is 0. The lowest BCUT2D eigenvalue weighted by molar-refractivity contribution is -0.134. The van der Waals surface area contributed by atoms with E-state index in [0.717, 1.165) is 18.9 Å². The van der Waals surface area contributed by atoms with Gasteiger partial charge in [-0.2, -0.15) is 0 Å². The quantitative estimate of drug-likeness (QED) is 0.558. The Kier molecular flexibility index (Phi) is 7.57. The smallest absolute Gasteiger partial charge is 0.261 e. The molecule has 1 aliphatic carbocycles. The highest BCUT2D eigenvalue weighted by molar-refractivity contribution is 5.99. The lowest BCUT2D eigenvalue weighted by Crippen LogP contribution is -2.49. The van der Waals surface area contributed by atoms with Crippen LogP contribution in [0, 0.1) is 23.5 Å². The maximum Gasteiger partial charge on any atom is 0.261 e. The van der Waals surface area contributed by atoms with Crippen molar-refractivity contribution in [1.82, 2.24) is 9.80 Å². The highest BCUT2D eigenvalue weighted by Gasteiger charge is 2.39. The predicted molar refractivity (Wildman–Crippen MR) is 128 cm³/mol. The number of likely N-dealkylation sites (N-methyl/N-ethyl adjacent to an activating group) is 1. The number of hydrogen-bond acceptors (Lipinski definition) is 4. The summed E-state index contributed by atoms with van der Waals surface area (Å²) in [5.74, 6) is -0.277. The van der Waals surface area contributed by atoms with Gasteiger partial charge < -0.3 is 19.3 Å². The Morgan fingerprint density at radius 2 is 1.66 bits per heavy atom. The highest BCUT2D eigenvalue weighted by Crippen LogP contribution is 2.35. The molecular weight excluding hydrogens is 454 g/mol. The largest absolute Gasteiger partial charge is 0.496 e. The van der Waals surface area contributed by atoms with Gasteiger partial charge in [-0.25, -0.2) is 8.78 Å². The van der Waals surface area contributed by atoms with E-state index in [-0.39, 0.29) is 29.7 Å². The zero-order chi connectivity index (χ0) is 25.1. The van der Waals surface area contributed by atoms with Crippen LogP contribution in [0.2, 0.25) is 0 Å². The van der Waals surface area contributed by atoms with Crippen molar-refractivity contribution in [1.29, 1.82) is 0 Å². The maximum absolute atomic E-state index is 14.5. The Hall–Kier alpha value is -3.16. The van der Waals surface area contributed by atoms with Crippen LogP contribution < -0.4 is 9.47 Å². The molecule has 2 fully saturated rings. The lowest BCUT2D eigenvalue weighted by Gasteiger charge is -2.40. The number of carbonyl (C=O) groups excluding carboxylic acids is 2. The molecule has 0 spiro atoms. The third-order valence-corrected chi connectivity index (χ3v) is 7.23. The number of amides is 2. The van der Waals surface area contributed by atoms with E-state index in [1.165, 1.54) is 26.4 Å². The Morgan fingerprint density at radius 3 is 2.20 bits per heavy atom. The van der Waals surface area contributed by atoms with Crippen LogP contribution in [-0.4, -0.2) is 62.0 Å².